The second-order valence-corrected chi connectivity index (χ2v) is 16.2. The van der Waals surface area contributed by atoms with E-state index in [1.165, 1.54) is 41.2 Å². The zero-order chi connectivity index (χ0) is 38.5. The first-order valence-corrected chi connectivity index (χ1v) is 19.6. The van der Waals surface area contributed by atoms with Gasteiger partial charge in [0.05, 0.1) is 25.7 Å². The number of phosphoric acid groups is 3. The first-order chi connectivity index (χ1) is 24.9. The Labute approximate surface area is 297 Å². The van der Waals surface area contributed by atoms with Gasteiger partial charge in [0.25, 0.3) is 5.56 Å². The van der Waals surface area contributed by atoms with Crippen LogP contribution in [0.1, 0.15) is 12.6 Å². The fourth-order valence-electron chi connectivity index (χ4n) is 5.98. The number of nitrogens with zero attached hydrogens (tertiary/aromatic N) is 7. The van der Waals surface area contributed by atoms with Gasteiger partial charge in [-0.15, -0.1) is 4.67 Å². The highest BCUT2D eigenvalue weighted by Crippen LogP contribution is 2.67. The highest BCUT2D eigenvalue weighted by atomic mass is 31.3. The molecule has 0 radical (unpaired) electrons. The van der Waals surface area contributed by atoms with E-state index in [0.29, 0.717) is 11.2 Å². The minimum Gasteiger partial charge on any atom is -0.386 e. The van der Waals surface area contributed by atoms with E-state index in [9.17, 15) is 38.3 Å². The fourth-order valence-corrected chi connectivity index (χ4v) is 9.28. The van der Waals surface area contributed by atoms with E-state index in [4.69, 9.17) is 39.8 Å². The summed E-state index contributed by atoms with van der Waals surface area (Å²) in [6.07, 6.45) is -4.58. The number of nitrogens with two attached hydrogens (primary N) is 2. The Kier molecular flexibility index (Phi) is 11.3. The molecule has 53 heavy (non-hydrogen) atoms. The normalized spacial score (nSPS) is 29.3. The topological polar surface area (TPSA) is 363 Å². The van der Waals surface area contributed by atoms with Gasteiger partial charge < -0.3 is 60.0 Å². The fraction of sp³-hybridized carbons (Fsp3) is 0.609. The average molecular weight is 817 g/mol. The highest BCUT2D eigenvalue weighted by Gasteiger charge is 2.51. The van der Waals surface area contributed by atoms with Crippen molar-refractivity contribution in [1.29, 1.82) is 0 Å². The molecule has 30 heteroatoms. The van der Waals surface area contributed by atoms with Gasteiger partial charge in [0.15, 0.2) is 29.7 Å². The lowest BCUT2D eigenvalue weighted by atomic mass is 10.1. The largest absolute Gasteiger partial charge is 0.508 e. The number of fused-ring (bicyclic) bond motifs is 2. The Morgan fingerprint density at radius 3 is 2.45 bits per heavy atom. The van der Waals surface area contributed by atoms with Crippen LogP contribution in [-0.4, -0.2) is 127 Å². The average Bonchev–Trinajstić information content (AvgIpc) is 3.82. The maximum absolute atomic E-state index is 12.6. The molecule has 9 N–H and O–H groups in total. The summed E-state index contributed by atoms with van der Waals surface area (Å²) in [5.74, 6) is 0.00975. The number of phosphoric ester groups is 1. The third kappa shape index (κ3) is 8.40. The Balaban J connectivity index is 1.00. The molecule has 2 saturated heterocycles. The van der Waals surface area contributed by atoms with Crippen LogP contribution in [0.2, 0.25) is 0 Å². The van der Waals surface area contributed by atoms with Crippen LogP contribution in [0.5, 0.6) is 0 Å². The number of rotatable bonds is 15. The zero-order valence-corrected chi connectivity index (χ0v) is 30.4. The van der Waals surface area contributed by atoms with Crippen LogP contribution in [0.15, 0.2) is 17.4 Å². The van der Waals surface area contributed by atoms with Gasteiger partial charge in [0, 0.05) is 27.7 Å². The molecule has 27 nitrogen and oxygen atoms in total. The molecular formula is C23H35N10O17P3. The summed E-state index contributed by atoms with van der Waals surface area (Å²) in [5.41, 5.74) is 11.8. The standard InChI is InChI=1S/C23H35N10O17P3/c1-31-9-33(19-14(31)20(35)30-23(25)29-19)22-15(34)16(43-3)12(47-22)6-45-51(36,37)49-53(40,41)50-52(38,39)48-44-5-10-4-11(42-2)21(46-10)32-8-28-13-17(24)26-7-27-18(13)32/h7-8,10-12,15-16,21-22,34H,4-6,9H2,1-3H3,(H,36,37)(H,38,39)(H,40,41)(H2,24,26,27)(H3,25,29,30,35)/t10-,11?,12+,15-,16?,21+,22+/m0/s1. The van der Waals surface area contributed by atoms with E-state index >= 15 is 0 Å². The molecule has 3 aliphatic rings. The number of H-pyrrole nitrogens is 1. The van der Waals surface area contributed by atoms with E-state index in [1.807, 2.05) is 0 Å². The SMILES string of the molecule is COC1C[C@@H](COOP(=O)(O)OP(=O)(O)OP(=O)(O)OC[C@H]2O[C@@H](N3CN(C)c4c3nc(N)[nH]c4=O)[C@@H](O)C2OC)O[C@H]1n1cnc2c(N)ncnc21. The predicted molar refractivity (Wildman–Crippen MR) is 174 cm³/mol. The maximum atomic E-state index is 12.6. The molecule has 6 rings (SSSR count). The van der Waals surface area contributed by atoms with Crippen LogP contribution in [-0.2, 0) is 55.3 Å². The molecule has 5 unspecified atom stereocenters. The summed E-state index contributed by atoms with van der Waals surface area (Å²) in [5, 5.41) is 11.0. The minimum atomic E-state index is -5.89. The Morgan fingerprint density at radius 1 is 1.00 bits per heavy atom. The number of aliphatic hydroxyl groups is 1. The molecule has 6 heterocycles. The van der Waals surface area contributed by atoms with E-state index in [0.717, 1.165) is 0 Å². The van der Waals surface area contributed by atoms with Crippen molar-refractivity contribution < 1.29 is 75.1 Å². The molecule has 294 valence electrons. The van der Waals surface area contributed by atoms with Crippen LogP contribution < -0.4 is 26.8 Å². The summed E-state index contributed by atoms with van der Waals surface area (Å²) in [7, 11) is -12.9. The first-order valence-electron chi connectivity index (χ1n) is 15.1. The van der Waals surface area contributed by atoms with Crippen molar-refractivity contribution in [2.24, 2.45) is 0 Å². The first kappa shape index (κ1) is 39.5. The van der Waals surface area contributed by atoms with Gasteiger partial charge in [0.2, 0.25) is 5.95 Å². The Hall–Kier alpha value is -3.20. The predicted octanol–water partition coefficient (Wildman–Crippen LogP) is -1.31. The molecule has 0 aromatic carbocycles. The Morgan fingerprint density at radius 2 is 1.74 bits per heavy atom. The van der Waals surface area contributed by atoms with Gasteiger partial charge in [-0.25, -0.2) is 33.5 Å². The summed E-state index contributed by atoms with van der Waals surface area (Å²) >= 11 is 0. The molecular weight excluding hydrogens is 781 g/mol. The van der Waals surface area contributed by atoms with Gasteiger partial charge in [-0.2, -0.15) is 13.6 Å². The van der Waals surface area contributed by atoms with Crippen molar-refractivity contribution in [3.8, 4) is 0 Å². The van der Waals surface area contributed by atoms with Crippen LogP contribution in [0.25, 0.3) is 11.2 Å². The monoisotopic (exact) mass is 816 g/mol. The number of imidazole rings is 1. The van der Waals surface area contributed by atoms with E-state index in [2.05, 4.69) is 38.2 Å². The third-order valence-corrected chi connectivity index (χ3v) is 12.2. The van der Waals surface area contributed by atoms with Gasteiger partial charge in [-0.3, -0.25) is 18.9 Å². The Bertz CT molecular complexity index is 2020. The second kappa shape index (κ2) is 15.1. The number of hydrogen-bond donors (Lipinski definition) is 7. The number of aliphatic hydroxyl groups excluding tert-OH is 1. The molecule has 0 aliphatic carbocycles. The van der Waals surface area contributed by atoms with Crippen molar-refractivity contribution in [3.05, 3.63) is 23.0 Å². The summed E-state index contributed by atoms with van der Waals surface area (Å²) in [6.45, 7) is -1.41. The van der Waals surface area contributed by atoms with Crippen molar-refractivity contribution in [2.45, 2.75) is 49.4 Å². The van der Waals surface area contributed by atoms with Crippen LogP contribution in [0.4, 0.5) is 23.3 Å². The number of ether oxygens (including phenoxy) is 4. The lowest BCUT2D eigenvalue weighted by molar-refractivity contribution is -0.240. The number of nitrogen functional groups attached to an aromatic ring is 2. The molecule has 3 aliphatic heterocycles. The molecule has 3 aromatic heterocycles. The van der Waals surface area contributed by atoms with Crippen molar-refractivity contribution in [3.63, 3.8) is 0 Å². The van der Waals surface area contributed by atoms with Crippen LogP contribution >= 0.6 is 23.5 Å². The molecule has 0 amide bonds. The number of anilines is 4. The van der Waals surface area contributed by atoms with Gasteiger partial charge >= 0.3 is 23.5 Å². The van der Waals surface area contributed by atoms with Crippen LogP contribution in [0, 0.1) is 0 Å². The van der Waals surface area contributed by atoms with Crippen molar-refractivity contribution >= 4 is 57.9 Å². The van der Waals surface area contributed by atoms with Gasteiger partial charge in [0.1, 0.15) is 48.6 Å². The number of aromatic nitrogens is 6. The van der Waals surface area contributed by atoms with E-state index in [1.54, 1.807) is 7.05 Å². The smallest absolute Gasteiger partial charge is 0.386 e. The van der Waals surface area contributed by atoms with E-state index < -0.39 is 85.2 Å². The van der Waals surface area contributed by atoms with E-state index in [-0.39, 0.29) is 36.4 Å². The lowest BCUT2D eigenvalue weighted by Crippen LogP contribution is -2.46. The van der Waals surface area contributed by atoms with Gasteiger partial charge in [-0.05, 0) is 0 Å². The number of aromatic amines is 1. The lowest BCUT2D eigenvalue weighted by Gasteiger charge is -2.27. The number of nitrogens with one attached hydrogen (secondary N) is 1. The molecule has 0 spiro atoms. The summed E-state index contributed by atoms with van der Waals surface area (Å²) in [4.78, 5) is 68.8. The molecule has 3 aromatic rings. The van der Waals surface area contributed by atoms with Crippen molar-refractivity contribution in [1.82, 2.24) is 29.5 Å². The minimum absolute atomic E-state index is 0.0107. The quantitative estimate of drug-likeness (QED) is 0.0532. The van der Waals surface area contributed by atoms with Crippen LogP contribution in [0.3, 0.4) is 0 Å². The summed E-state index contributed by atoms with van der Waals surface area (Å²) < 4.78 is 78.7. The maximum Gasteiger partial charge on any atom is 0.508 e. The van der Waals surface area contributed by atoms with Gasteiger partial charge in [-0.1, -0.05) is 0 Å². The molecule has 0 saturated carbocycles. The molecule has 10 atom stereocenters. The number of methoxy groups -OCH3 is 2. The second-order valence-electron chi connectivity index (χ2n) is 11.7. The zero-order valence-electron chi connectivity index (χ0n) is 27.7. The third-order valence-electron chi connectivity index (χ3n) is 8.13. The highest BCUT2D eigenvalue weighted by molar-refractivity contribution is 7.66. The molecule has 0 bridgehead atoms. The molecule has 2 fully saturated rings. The number of hydrogen-bond acceptors (Lipinski definition) is 22. The summed E-state index contributed by atoms with van der Waals surface area (Å²) in [6, 6.07) is 0. The van der Waals surface area contributed by atoms with Crippen molar-refractivity contribution in [2.75, 3.05) is 62.4 Å².